The van der Waals surface area contributed by atoms with Crippen molar-refractivity contribution in [2.75, 3.05) is 12.0 Å². The van der Waals surface area contributed by atoms with Gasteiger partial charge in [-0.1, -0.05) is 53.5 Å². The number of rotatable bonds is 4. The van der Waals surface area contributed by atoms with Crippen molar-refractivity contribution in [2.24, 2.45) is 0 Å². The van der Waals surface area contributed by atoms with Gasteiger partial charge in [0.1, 0.15) is 11.5 Å². The number of benzene rings is 3. The number of halogens is 2. The van der Waals surface area contributed by atoms with Gasteiger partial charge >= 0.3 is 0 Å². The third kappa shape index (κ3) is 3.78. The largest absolute Gasteiger partial charge is 0.507 e. The summed E-state index contributed by atoms with van der Waals surface area (Å²) in [7, 11) is 1.54. The zero-order valence-electron chi connectivity index (χ0n) is 16.4. The van der Waals surface area contributed by atoms with E-state index < -0.39 is 17.7 Å². The SMILES string of the molecule is COc1ccc(N2C(=O)C(=O)/C(=C(\O)c3ccc(Cl)c(Cl)c3)C2c2ccccc2)cc1. The first-order valence-corrected chi connectivity index (χ1v) is 10.1. The number of hydrogen-bond donors (Lipinski definition) is 1. The molecule has 1 unspecified atom stereocenters. The second-order valence-electron chi connectivity index (χ2n) is 6.91. The molecule has 1 amide bonds. The average molecular weight is 454 g/mol. The van der Waals surface area contributed by atoms with Crippen molar-refractivity contribution < 1.29 is 19.4 Å². The molecular formula is C24H17Cl2NO4. The normalized spacial score (nSPS) is 17.8. The minimum Gasteiger partial charge on any atom is -0.507 e. The molecule has 1 saturated heterocycles. The van der Waals surface area contributed by atoms with Crippen LogP contribution in [0.4, 0.5) is 5.69 Å². The zero-order valence-corrected chi connectivity index (χ0v) is 17.9. The van der Waals surface area contributed by atoms with Crippen molar-refractivity contribution >= 4 is 46.3 Å². The summed E-state index contributed by atoms with van der Waals surface area (Å²) in [5, 5.41) is 11.6. The van der Waals surface area contributed by atoms with Crippen LogP contribution in [0.25, 0.3) is 5.76 Å². The molecule has 0 aliphatic carbocycles. The molecule has 1 fully saturated rings. The lowest BCUT2D eigenvalue weighted by Gasteiger charge is -2.25. The molecule has 0 radical (unpaired) electrons. The Balaban J connectivity index is 1.92. The van der Waals surface area contributed by atoms with E-state index in [1.54, 1.807) is 49.6 Å². The van der Waals surface area contributed by atoms with Crippen LogP contribution < -0.4 is 9.64 Å². The molecule has 0 aromatic heterocycles. The topological polar surface area (TPSA) is 66.8 Å². The van der Waals surface area contributed by atoms with E-state index in [0.717, 1.165) is 0 Å². The summed E-state index contributed by atoms with van der Waals surface area (Å²) in [6, 6.07) is 19.6. The molecule has 1 aliphatic heterocycles. The minimum atomic E-state index is -0.816. The Bertz CT molecular complexity index is 1190. The van der Waals surface area contributed by atoms with Gasteiger partial charge in [-0.2, -0.15) is 0 Å². The van der Waals surface area contributed by atoms with Crippen molar-refractivity contribution in [3.63, 3.8) is 0 Å². The molecule has 0 spiro atoms. The first kappa shape index (κ1) is 21.0. The fraction of sp³-hybridized carbons (Fsp3) is 0.0833. The first-order valence-electron chi connectivity index (χ1n) is 9.38. The van der Waals surface area contributed by atoms with E-state index in [4.69, 9.17) is 27.9 Å². The van der Waals surface area contributed by atoms with Gasteiger partial charge in [-0.15, -0.1) is 0 Å². The van der Waals surface area contributed by atoms with E-state index >= 15 is 0 Å². The highest BCUT2D eigenvalue weighted by molar-refractivity contribution is 6.51. The summed E-state index contributed by atoms with van der Waals surface area (Å²) in [5.41, 5.74) is 1.46. The lowest BCUT2D eigenvalue weighted by Crippen LogP contribution is -2.29. The fourth-order valence-electron chi connectivity index (χ4n) is 3.59. The van der Waals surface area contributed by atoms with E-state index in [0.29, 0.717) is 27.6 Å². The molecule has 7 heteroatoms. The smallest absolute Gasteiger partial charge is 0.300 e. The summed E-state index contributed by atoms with van der Waals surface area (Å²) < 4.78 is 5.19. The molecule has 1 aliphatic rings. The Morgan fingerprint density at radius 2 is 1.61 bits per heavy atom. The second kappa shape index (κ2) is 8.46. The highest BCUT2D eigenvalue weighted by Gasteiger charge is 2.46. The standard InChI is InChI=1S/C24H17Cl2NO4/c1-31-17-10-8-16(9-11-17)27-21(14-5-3-2-4-6-14)20(23(29)24(27)30)22(28)15-7-12-18(25)19(26)13-15/h2-13,21,28H,1H3/b22-20-. The number of ketones is 1. The Labute approximate surface area is 189 Å². The number of anilines is 1. The minimum absolute atomic E-state index is 0.0228. The lowest BCUT2D eigenvalue weighted by atomic mass is 9.95. The van der Waals surface area contributed by atoms with Gasteiger partial charge in [0.2, 0.25) is 0 Å². The van der Waals surface area contributed by atoms with E-state index in [1.165, 1.54) is 17.0 Å². The van der Waals surface area contributed by atoms with Gasteiger partial charge in [0.25, 0.3) is 11.7 Å². The number of hydrogen-bond acceptors (Lipinski definition) is 4. The summed E-state index contributed by atoms with van der Waals surface area (Å²) in [6.07, 6.45) is 0. The molecule has 0 saturated carbocycles. The summed E-state index contributed by atoms with van der Waals surface area (Å²) in [6.45, 7) is 0. The fourth-order valence-corrected chi connectivity index (χ4v) is 3.89. The van der Waals surface area contributed by atoms with Gasteiger partial charge in [0.05, 0.1) is 28.8 Å². The van der Waals surface area contributed by atoms with Gasteiger partial charge in [-0.05, 0) is 48.0 Å². The Morgan fingerprint density at radius 1 is 0.935 bits per heavy atom. The molecule has 1 N–H and O–H groups in total. The molecule has 3 aromatic carbocycles. The van der Waals surface area contributed by atoms with E-state index in [-0.39, 0.29) is 16.4 Å². The number of ether oxygens (including phenoxy) is 1. The summed E-state index contributed by atoms with van der Waals surface area (Å²) in [4.78, 5) is 27.5. The van der Waals surface area contributed by atoms with Crippen molar-refractivity contribution in [2.45, 2.75) is 6.04 Å². The number of methoxy groups -OCH3 is 1. The quantitative estimate of drug-likeness (QED) is 0.315. The number of nitrogens with zero attached hydrogens (tertiary/aromatic N) is 1. The number of amides is 1. The third-order valence-corrected chi connectivity index (χ3v) is 5.84. The number of aliphatic hydroxyl groups excluding tert-OH is 1. The van der Waals surface area contributed by atoms with Crippen LogP contribution in [0.1, 0.15) is 17.2 Å². The van der Waals surface area contributed by atoms with Gasteiger partial charge in [-0.3, -0.25) is 14.5 Å². The predicted molar refractivity (Wildman–Crippen MR) is 121 cm³/mol. The maximum Gasteiger partial charge on any atom is 0.300 e. The van der Waals surface area contributed by atoms with E-state index in [2.05, 4.69) is 0 Å². The monoisotopic (exact) mass is 453 g/mol. The highest BCUT2D eigenvalue weighted by atomic mass is 35.5. The second-order valence-corrected chi connectivity index (χ2v) is 7.72. The highest BCUT2D eigenvalue weighted by Crippen LogP contribution is 2.42. The van der Waals surface area contributed by atoms with Crippen LogP contribution in [-0.4, -0.2) is 23.9 Å². The van der Waals surface area contributed by atoms with Gasteiger partial charge in [0.15, 0.2) is 0 Å². The maximum absolute atomic E-state index is 13.1. The molecule has 1 heterocycles. The van der Waals surface area contributed by atoms with Crippen LogP contribution >= 0.6 is 23.2 Å². The van der Waals surface area contributed by atoms with Crippen molar-refractivity contribution in [3.8, 4) is 5.75 Å². The van der Waals surface area contributed by atoms with Gasteiger partial charge in [0, 0.05) is 11.3 Å². The van der Waals surface area contributed by atoms with Crippen LogP contribution in [0.3, 0.4) is 0 Å². The molecular weight excluding hydrogens is 437 g/mol. The molecule has 4 rings (SSSR count). The molecule has 5 nitrogen and oxygen atoms in total. The summed E-state index contributed by atoms with van der Waals surface area (Å²) >= 11 is 12.1. The van der Waals surface area contributed by atoms with Crippen LogP contribution in [0, 0.1) is 0 Å². The number of Topliss-reactive ketones (excluding diaryl/α,β-unsaturated/α-hetero) is 1. The number of carbonyl (C=O) groups is 2. The van der Waals surface area contributed by atoms with Gasteiger partial charge in [-0.25, -0.2) is 0 Å². The molecule has 3 aromatic rings. The van der Waals surface area contributed by atoms with Crippen LogP contribution in [0.15, 0.2) is 78.4 Å². The van der Waals surface area contributed by atoms with Crippen molar-refractivity contribution in [1.29, 1.82) is 0 Å². The summed E-state index contributed by atoms with van der Waals surface area (Å²) in [5.74, 6) is -1.22. The molecule has 1 atom stereocenters. The van der Waals surface area contributed by atoms with Crippen LogP contribution in [0.5, 0.6) is 5.75 Å². The van der Waals surface area contributed by atoms with Crippen molar-refractivity contribution in [3.05, 3.63) is 99.5 Å². The third-order valence-electron chi connectivity index (χ3n) is 5.10. The molecule has 31 heavy (non-hydrogen) atoms. The van der Waals surface area contributed by atoms with Gasteiger partial charge < -0.3 is 9.84 Å². The predicted octanol–water partition coefficient (Wildman–Crippen LogP) is 5.63. The Morgan fingerprint density at radius 3 is 2.23 bits per heavy atom. The van der Waals surface area contributed by atoms with Crippen LogP contribution in [0.2, 0.25) is 10.0 Å². The maximum atomic E-state index is 13.1. The van der Waals surface area contributed by atoms with E-state index in [1.807, 2.05) is 18.2 Å². The molecule has 0 bridgehead atoms. The van der Waals surface area contributed by atoms with Crippen LogP contribution in [-0.2, 0) is 9.59 Å². The number of aliphatic hydroxyl groups is 1. The van der Waals surface area contributed by atoms with Crippen molar-refractivity contribution in [1.82, 2.24) is 0 Å². The Hall–Kier alpha value is -3.28. The zero-order chi connectivity index (χ0) is 22.1. The average Bonchev–Trinajstić information content (AvgIpc) is 3.06. The lowest BCUT2D eigenvalue weighted by molar-refractivity contribution is -0.132. The van der Waals surface area contributed by atoms with E-state index in [9.17, 15) is 14.7 Å². The number of carbonyl (C=O) groups excluding carboxylic acids is 2. The molecule has 156 valence electrons. The Kier molecular flexibility index (Phi) is 5.72. The first-order chi connectivity index (χ1) is 14.9.